The molecule has 7 nitrogen and oxygen atoms in total. The molecule has 0 fully saturated rings. The van der Waals surface area contributed by atoms with E-state index in [9.17, 15) is 0 Å². The summed E-state index contributed by atoms with van der Waals surface area (Å²) in [6, 6.07) is 14.2. The molecule has 0 aliphatic heterocycles. The molecule has 2 heterocycles. The van der Waals surface area contributed by atoms with Crippen molar-refractivity contribution in [1.82, 2.24) is 19.9 Å². The number of anilines is 2. The summed E-state index contributed by atoms with van der Waals surface area (Å²) in [6.45, 7) is 3.95. The third-order valence-electron chi connectivity index (χ3n) is 5.94. The minimum absolute atomic E-state index is 0.716. The molecule has 33 heavy (non-hydrogen) atoms. The van der Waals surface area contributed by atoms with Gasteiger partial charge in [0.15, 0.2) is 0 Å². The van der Waals surface area contributed by atoms with Gasteiger partial charge in [0.25, 0.3) is 0 Å². The van der Waals surface area contributed by atoms with Crippen LogP contribution in [0.5, 0.6) is 5.75 Å². The standard InChI is InChI=1S/C26H28N6O/c1-16(28-3)22(13-27)18-6-7-20-14-30-26(12-21(20)10-18)31-23-9-8-19(11-25(23)33-5)24-15-29-17(2)32(24)4/h6-15,27-28H,1-5H3,(H,30,31)/b22-16+,27-13?. The van der Waals surface area contributed by atoms with E-state index < -0.39 is 0 Å². The summed E-state index contributed by atoms with van der Waals surface area (Å²) >= 11 is 0. The van der Waals surface area contributed by atoms with Gasteiger partial charge in [-0.05, 0) is 49.1 Å². The first-order valence-corrected chi connectivity index (χ1v) is 10.7. The van der Waals surface area contributed by atoms with Crippen LogP contribution in [0.15, 0.2) is 60.6 Å². The number of nitrogens with zero attached hydrogens (tertiary/aromatic N) is 3. The highest BCUT2D eigenvalue weighted by Gasteiger charge is 2.11. The van der Waals surface area contributed by atoms with E-state index in [1.165, 1.54) is 6.21 Å². The van der Waals surface area contributed by atoms with E-state index in [2.05, 4.69) is 31.2 Å². The Morgan fingerprint density at radius 1 is 1.06 bits per heavy atom. The number of methoxy groups -OCH3 is 1. The molecule has 0 amide bonds. The molecule has 4 aromatic rings. The predicted molar refractivity (Wildman–Crippen MR) is 135 cm³/mol. The van der Waals surface area contributed by atoms with Gasteiger partial charge in [0.2, 0.25) is 0 Å². The van der Waals surface area contributed by atoms with Gasteiger partial charge in [-0.3, -0.25) is 0 Å². The average molecular weight is 441 g/mol. The average Bonchev–Trinajstić information content (AvgIpc) is 3.17. The third kappa shape index (κ3) is 4.30. The van der Waals surface area contributed by atoms with Crippen molar-refractivity contribution in [3.05, 3.63) is 71.9 Å². The van der Waals surface area contributed by atoms with Gasteiger partial charge < -0.3 is 25.3 Å². The Morgan fingerprint density at radius 2 is 1.88 bits per heavy atom. The normalized spacial score (nSPS) is 11.8. The van der Waals surface area contributed by atoms with Crippen LogP contribution < -0.4 is 15.4 Å². The zero-order valence-electron chi connectivity index (χ0n) is 19.5. The molecule has 0 aliphatic carbocycles. The van der Waals surface area contributed by atoms with Crippen LogP contribution in [0.4, 0.5) is 11.5 Å². The first-order valence-electron chi connectivity index (χ1n) is 10.7. The summed E-state index contributed by atoms with van der Waals surface area (Å²) in [4.78, 5) is 8.96. The molecule has 0 aliphatic rings. The number of hydrogen-bond donors (Lipinski definition) is 3. The predicted octanol–water partition coefficient (Wildman–Crippen LogP) is 5.30. The second kappa shape index (κ2) is 9.16. The number of aromatic nitrogens is 3. The van der Waals surface area contributed by atoms with Crippen molar-refractivity contribution in [1.29, 1.82) is 5.41 Å². The molecule has 0 radical (unpaired) electrons. The molecule has 0 spiro atoms. The third-order valence-corrected chi connectivity index (χ3v) is 5.94. The second-order valence-electron chi connectivity index (χ2n) is 7.85. The fourth-order valence-electron chi connectivity index (χ4n) is 3.78. The Bertz CT molecular complexity index is 1370. The lowest BCUT2D eigenvalue weighted by Gasteiger charge is -2.14. The Labute approximate surface area is 193 Å². The number of nitrogens with one attached hydrogen (secondary N) is 3. The topological polar surface area (TPSA) is 87.9 Å². The molecule has 0 bridgehead atoms. The molecule has 0 atom stereocenters. The summed E-state index contributed by atoms with van der Waals surface area (Å²) in [6.07, 6.45) is 5.09. The number of allylic oxidation sites excluding steroid dienone is 2. The zero-order chi connectivity index (χ0) is 23.5. The minimum atomic E-state index is 0.716. The van der Waals surface area contributed by atoms with Crippen LogP contribution in [0.2, 0.25) is 0 Å². The van der Waals surface area contributed by atoms with Crippen LogP contribution in [0.25, 0.3) is 27.6 Å². The van der Waals surface area contributed by atoms with Crippen molar-refractivity contribution in [2.75, 3.05) is 19.5 Å². The number of pyridine rings is 1. The van der Waals surface area contributed by atoms with Gasteiger partial charge in [-0.2, -0.15) is 0 Å². The highest BCUT2D eigenvalue weighted by molar-refractivity contribution is 6.10. The number of aryl methyl sites for hydroxylation is 1. The maximum atomic E-state index is 7.80. The smallest absolute Gasteiger partial charge is 0.143 e. The summed E-state index contributed by atoms with van der Waals surface area (Å²) in [5.74, 6) is 2.39. The zero-order valence-corrected chi connectivity index (χ0v) is 19.5. The number of imidazole rings is 1. The van der Waals surface area contributed by atoms with Crippen molar-refractivity contribution >= 4 is 34.1 Å². The van der Waals surface area contributed by atoms with E-state index in [4.69, 9.17) is 10.1 Å². The van der Waals surface area contributed by atoms with Crippen molar-refractivity contribution in [2.45, 2.75) is 13.8 Å². The molecule has 2 aromatic carbocycles. The molecule has 168 valence electrons. The van der Waals surface area contributed by atoms with Crippen molar-refractivity contribution in [2.24, 2.45) is 7.05 Å². The summed E-state index contributed by atoms with van der Waals surface area (Å²) in [5.41, 5.74) is 5.67. The Kier molecular flexibility index (Phi) is 6.13. The van der Waals surface area contributed by atoms with E-state index in [0.29, 0.717) is 5.82 Å². The van der Waals surface area contributed by atoms with Gasteiger partial charge in [0.05, 0.1) is 24.7 Å². The quantitative estimate of drug-likeness (QED) is 0.340. The van der Waals surface area contributed by atoms with Gasteiger partial charge in [-0.15, -0.1) is 0 Å². The van der Waals surface area contributed by atoms with Crippen molar-refractivity contribution < 1.29 is 4.74 Å². The van der Waals surface area contributed by atoms with E-state index in [1.54, 1.807) is 7.11 Å². The molecule has 7 heteroatoms. The highest BCUT2D eigenvalue weighted by atomic mass is 16.5. The molecule has 0 saturated carbocycles. The number of benzene rings is 2. The van der Waals surface area contributed by atoms with Crippen LogP contribution in [-0.4, -0.2) is 34.9 Å². The van der Waals surface area contributed by atoms with Gasteiger partial charge in [0, 0.05) is 48.7 Å². The summed E-state index contributed by atoms with van der Waals surface area (Å²) in [5, 5.41) is 16.4. The van der Waals surface area contributed by atoms with Crippen LogP contribution in [0.3, 0.4) is 0 Å². The first-order chi connectivity index (χ1) is 15.9. The fraction of sp³-hybridized carbons (Fsp3) is 0.192. The minimum Gasteiger partial charge on any atom is -0.495 e. The molecule has 0 saturated heterocycles. The Balaban J connectivity index is 1.68. The van der Waals surface area contributed by atoms with Gasteiger partial charge in [0.1, 0.15) is 17.4 Å². The lowest BCUT2D eigenvalue weighted by Crippen LogP contribution is -2.06. The van der Waals surface area contributed by atoms with Crippen LogP contribution >= 0.6 is 0 Å². The molecule has 0 unspecified atom stereocenters. The van der Waals surface area contributed by atoms with Crippen molar-refractivity contribution in [3.8, 4) is 17.0 Å². The molecular formula is C26H28N6O. The molecule has 3 N–H and O–H groups in total. The summed E-state index contributed by atoms with van der Waals surface area (Å²) in [7, 11) is 5.52. The Morgan fingerprint density at radius 3 is 2.55 bits per heavy atom. The van der Waals surface area contributed by atoms with Crippen LogP contribution in [0, 0.1) is 12.3 Å². The SMILES string of the molecule is CN/C(C)=C(\C=N)c1ccc2cnc(Nc3ccc(-c4cnc(C)n4C)cc3OC)cc2c1. The largest absolute Gasteiger partial charge is 0.495 e. The lowest BCUT2D eigenvalue weighted by molar-refractivity contribution is 0.417. The monoisotopic (exact) mass is 440 g/mol. The maximum absolute atomic E-state index is 7.80. The van der Waals surface area contributed by atoms with E-state index in [0.717, 1.165) is 56.1 Å². The van der Waals surface area contributed by atoms with Gasteiger partial charge in [-0.1, -0.05) is 18.2 Å². The van der Waals surface area contributed by atoms with Gasteiger partial charge >= 0.3 is 0 Å². The number of hydrogen-bond acceptors (Lipinski definition) is 6. The highest BCUT2D eigenvalue weighted by Crippen LogP contribution is 2.33. The number of rotatable bonds is 7. The number of fused-ring (bicyclic) bond motifs is 1. The summed E-state index contributed by atoms with van der Waals surface area (Å²) < 4.78 is 7.71. The van der Waals surface area contributed by atoms with Crippen LogP contribution in [-0.2, 0) is 7.05 Å². The second-order valence-corrected chi connectivity index (χ2v) is 7.85. The molecule has 4 rings (SSSR count). The first kappa shape index (κ1) is 22.1. The lowest BCUT2D eigenvalue weighted by atomic mass is 10.0. The fourth-order valence-corrected chi connectivity index (χ4v) is 3.78. The molecule has 2 aromatic heterocycles. The number of ether oxygens (including phenoxy) is 1. The van der Waals surface area contributed by atoms with E-state index in [1.807, 2.05) is 76.7 Å². The van der Waals surface area contributed by atoms with E-state index >= 15 is 0 Å². The van der Waals surface area contributed by atoms with Gasteiger partial charge in [-0.25, -0.2) is 9.97 Å². The van der Waals surface area contributed by atoms with E-state index in [-0.39, 0.29) is 0 Å². The van der Waals surface area contributed by atoms with Crippen LogP contribution in [0.1, 0.15) is 18.3 Å². The van der Waals surface area contributed by atoms with Crippen molar-refractivity contribution in [3.63, 3.8) is 0 Å². The Hall–Kier alpha value is -4.13. The maximum Gasteiger partial charge on any atom is 0.143 e. The molecular weight excluding hydrogens is 412 g/mol.